The topological polar surface area (TPSA) is 221 Å². The van der Waals surface area contributed by atoms with Gasteiger partial charge in [-0.05, 0) is 67.2 Å². The minimum Gasteiger partial charge on any atom is -0.481 e. The Labute approximate surface area is 263 Å². The van der Waals surface area contributed by atoms with E-state index in [2.05, 4.69) is 10.6 Å². The van der Waals surface area contributed by atoms with Crippen LogP contribution in [0.2, 0.25) is 0 Å². The van der Waals surface area contributed by atoms with Gasteiger partial charge in [0.1, 0.15) is 24.3 Å². The maximum Gasteiger partial charge on any atom is 0.408 e. The Morgan fingerprint density at radius 3 is 1.27 bits per heavy atom. The number of esters is 1. The van der Waals surface area contributed by atoms with Crippen molar-refractivity contribution in [1.29, 1.82) is 0 Å². The van der Waals surface area contributed by atoms with Crippen molar-refractivity contribution in [1.82, 2.24) is 20.4 Å². The summed E-state index contributed by atoms with van der Waals surface area (Å²) in [4.78, 5) is 73.1. The van der Waals surface area contributed by atoms with Crippen molar-refractivity contribution in [2.24, 2.45) is 10.8 Å². The quantitative estimate of drug-likeness (QED) is 0.180. The van der Waals surface area contributed by atoms with Crippen LogP contribution < -0.4 is 10.6 Å². The van der Waals surface area contributed by atoms with Gasteiger partial charge in [0.15, 0.2) is 0 Å². The number of aliphatic hydroxyl groups excluding tert-OH is 2. The molecule has 0 aromatic heterocycles. The van der Waals surface area contributed by atoms with Crippen LogP contribution in [0.5, 0.6) is 0 Å². The number of carboxylic acid groups (broad SMARTS) is 1. The molecule has 2 saturated heterocycles. The Kier molecular flexibility index (Phi) is 14.5. The monoisotopic (exact) mass is 646 g/mol. The normalized spacial score (nSPS) is 17.5. The minimum absolute atomic E-state index is 0.167. The van der Waals surface area contributed by atoms with Gasteiger partial charge in [-0.2, -0.15) is 0 Å². The second-order valence-corrected chi connectivity index (χ2v) is 13.1. The number of hydrogen-bond acceptors (Lipinski definition) is 11. The highest BCUT2D eigenvalue weighted by Gasteiger charge is 2.43. The first kappa shape index (κ1) is 39.4. The Hall–Kier alpha value is -3.66. The molecule has 0 aromatic rings. The third kappa shape index (κ3) is 12.7. The van der Waals surface area contributed by atoms with E-state index in [0.717, 1.165) is 0 Å². The van der Waals surface area contributed by atoms with Gasteiger partial charge in [-0.3, -0.25) is 19.2 Å². The van der Waals surface area contributed by atoms with Crippen LogP contribution in [0.3, 0.4) is 0 Å². The summed E-state index contributed by atoms with van der Waals surface area (Å²) in [6.07, 6.45) is -0.285. The van der Waals surface area contributed by atoms with E-state index in [4.69, 9.17) is 19.3 Å². The molecule has 0 bridgehead atoms. The van der Waals surface area contributed by atoms with Crippen LogP contribution in [-0.4, -0.2) is 132 Å². The number of amides is 4. The predicted octanol–water partition coefficient (Wildman–Crippen LogP) is 0.482. The highest BCUT2D eigenvalue weighted by Crippen LogP contribution is 2.33. The lowest BCUT2D eigenvalue weighted by atomic mass is 9.79. The lowest BCUT2D eigenvalue weighted by molar-refractivity contribution is -0.160. The Bertz CT molecular complexity index is 1050. The largest absolute Gasteiger partial charge is 0.481 e. The second kappa shape index (κ2) is 16.6. The predicted molar refractivity (Wildman–Crippen MR) is 159 cm³/mol. The highest BCUT2D eigenvalue weighted by atomic mass is 16.6. The highest BCUT2D eigenvalue weighted by molar-refractivity contribution is 5.84. The van der Waals surface area contributed by atoms with Crippen LogP contribution in [0.1, 0.15) is 67.2 Å². The number of methoxy groups -OCH3 is 1. The van der Waals surface area contributed by atoms with Crippen molar-refractivity contribution < 1.29 is 58.3 Å². The Balaban J connectivity index is 0.000000450. The van der Waals surface area contributed by atoms with Crippen LogP contribution in [0, 0.1) is 10.8 Å². The number of alkyl carbamates (subject to hydrolysis) is 2. The molecule has 0 spiro atoms. The summed E-state index contributed by atoms with van der Waals surface area (Å²) in [5.41, 5.74) is -3.38. The molecule has 258 valence electrons. The SMILES string of the molecule is CC(C)(C)OC(=O)NCC(=O)N1CCC(CO)(C(=O)O)CC1.COC(=O)C1(CO)CCN(C(=O)CNC(=O)OC(C)(C)C)CC1. The summed E-state index contributed by atoms with van der Waals surface area (Å²) in [5, 5.41) is 32.7. The zero-order chi connectivity index (χ0) is 34.6. The fraction of sp³-hybridized carbons (Fsp3) is 0.793. The maximum atomic E-state index is 12.1. The lowest BCUT2D eigenvalue weighted by Gasteiger charge is -2.38. The molecule has 2 aliphatic rings. The molecular formula is C29H50N4O12. The van der Waals surface area contributed by atoms with E-state index >= 15 is 0 Å². The first-order valence-corrected chi connectivity index (χ1v) is 14.8. The number of ether oxygens (including phenoxy) is 3. The molecule has 0 unspecified atom stereocenters. The first-order valence-electron chi connectivity index (χ1n) is 14.8. The third-order valence-electron chi connectivity index (χ3n) is 7.39. The zero-order valence-electron chi connectivity index (χ0n) is 27.4. The van der Waals surface area contributed by atoms with Crippen molar-refractivity contribution in [3.05, 3.63) is 0 Å². The molecular weight excluding hydrogens is 596 g/mol. The molecule has 5 N–H and O–H groups in total. The standard InChI is InChI=1S/C15H26N2O6.C14H24N2O6/c1-14(2,3)23-13(21)16-9-11(19)17-7-5-15(10-18,6-8-17)12(20)22-4;1-13(2,3)22-12(21)15-8-10(18)16-6-4-14(9-17,5-7-16)11(19)20/h18H,5-10H2,1-4H3,(H,16,21);17H,4-9H2,1-3H3,(H,15,21)(H,19,20). The van der Waals surface area contributed by atoms with Gasteiger partial charge in [0.2, 0.25) is 11.8 Å². The van der Waals surface area contributed by atoms with Crippen LogP contribution in [-0.2, 0) is 33.4 Å². The average Bonchev–Trinajstić information content (AvgIpc) is 2.96. The summed E-state index contributed by atoms with van der Waals surface area (Å²) in [6.45, 7) is 10.4. The van der Waals surface area contributed by atoms with Crippen molar-refractivity contribution in [2.75, 3.05) is 59.6 Å². The molecule has 16 heteroatoms. The van der Waals surface area contributed by atoms with Crippen LogP contribution >= 0.6 is 0 Å². The molecule has 0 aliphatic carbocycles. The van der Waals surface area contributed by atoms with E-state index in [9.17, 15) is 39.0 Å². The molecule has 2 fully saturated rings. The molecule has 0 atom stereocenters. The van der Waals surface area contributed by atoms with Gasteiger partial charge in [0.25, 0.3) is 0 Å². The molecule has 0 aromatic carbocycles. The molecule has 0 saturated carbocycles. The van der Waals surface area contributed by atoms with E-state index in [0.29, 0.717) is 25.9 Å². The molecule has 16 nitrogen and oxygen atoms in total. The maximum absolute atomic E-state index is 12.1. The summed E-state index contributed by atoms with van der Waals surface area (Å²) in [5.74, 6) is -2.07. The number of likely N-dealkylation sites (tertiary alicyclic amines) is 2. The Morgan fingerprint density at radius 1 is 0.667 bits per heavy atom. The van der Waals surface area contributed by atoms with Gasteiger partial charge in [-0.25, -0.2) is 9.59 Å². The molecule has 2 heterocycles. The number of nitrogens with zero attached hydrogens (tertiary/aromatic N) is 2. The average molecular weight is 647 g/mol. The number of nitrogens with one attached hydrogen (secondary N) is 2. The zero-order valence-corrected chi connectivity index (χ0v) is 27.4. The number of rotatable bonds is 8. The summed E-state index contributed by atoms with van der Waals surface area (Å²) in [7, 11) is 1.28. The number of hydrogen-bond donors (Lipinski definition) is 5. The van der Waals surface area contributed by atoms with Gasteiger partial charge in [-0.15, -0.1) is 0 Å². The fourth-order valence-corrected chi connectivity index (χ4v) is 4.60. The number of piperidine rings is 2. The summed E-state index contributed by atoms with van der Waals surface area (Å²) >= 11 is 0. The van der Waals surface area contributed by atoms with Crippen LogP contribution in [0.4, 0.5) is 9.59 Å². The van der Waals surface area contributed by atoms with E-state index < -0.39 is 52.8 Å². The molecule has 45 heavy (non-hydrogen) atoms. The van der Waals surface area contributed by atoms with Gasteiger partial charge >= 0.3 is 24.1 Å². The van der Waals surface area contributed by atoms with Crippen molar-refractivity contribution in [2.45, 2.75) is 78.4 Å². The van der Waals surface area contributed by atoms with Crippen molar-refractivity contribution in [3.63, 3.8) is 0 Å². The van der Waals surface area contributed by atoms with Gasteiger partial charge in [0, 0.05) is 26.2 Å². The first-order chi connectivity index (χ1) is 20.7. The van der Waals surface area contributed by atoms with Gasteiger partial charge < -0.3 is 50.0 Å². The molecule has 0 radical (unpaired) electrons. The summed E-state index contributed by atoms with van der Waals surface area (Å²) in [6, 6.07) is 0. The van der Waals surface area contributed by atoms with Crippen molar-refractivity contribution >= 4 is 35.9 Å². The number of aliphatic carboxylic acids is 1. The van der Waals surface area contributed by atoms with E-state index in [-0.39, 0.29) is 57.4 Å². The van der Waals surface area contributed by atoms with Crippen LogP contribution in [0.25, 0.3) is 0 Å². The molecule has 4 amide bonds. The van der Waals surface area contributed by atoms with E-state index in [1.165, 1.54) is 12.0 Å². The molecule has 2 aliphatic heterocycles. The van der Waals surface area contributed by atoms with E-state index in [1.807, 2.05) is 0 Å². The van der Waals surface area contributed by atoms with Gasteiger partial charge in [-0.1, -0.05) is 0 Å². The number of carbonyl (C=O) groups excluding carboxylic acids is 5. The third-order valence-corrected chi connectivity index (χ3v) is 7.39. The van der Waals surface area contributed by atoms with E-state index in [1.54, 1.807) is 46.4 Å². The lowest BCUT2D eigenvalue weighted by Crippen LogP contribution is -2.51. The van der Waals surface area contributed by atoms with Crippen molar-refractivity contribution in [3.8, 4) is 0 Å². The fourth-order valence-electron chi connectivity index (χ4n) is 4.60. The summed E-state index contributed by atoms with van der Waals surface area (Å²) < 4.78 is 14.8. The number of aliphatic hydroxyl groups is 2. The van der Waals surface area contributed by atoms with Gasteiger partial charge in [0.05, 0.1) is 31.2 Å². The number of carbonyl (C=O) groups is 6. The van der Waals surface area contributed by atoms with Crippen LogP contribution in [0.15, 0.2) is 0 Å². The Morgan fingerprint density at radius 2 is 1.00 bits per heavy atom. The smallest absolute Gasteiger partial charge is 0.408 e. The number of carboxylic acids is 1. The second-order valence-electron chi connectivity index (χ2n) is 13.1. The minimum atomic E-state index is -1.17. The molecule has 2 rings (SSSR count).